The minimum absolute atomic E-state index is 0.0408. The largest absolute Gasteiger partial charge is 0.484 e. The standard InChI is InChI=1S/C18H19NO2S2/c20-17(19-12-14-4-2-1-3-5-14)13-21-16-8-6-15(7-9-16)18-22-10-11-23-18/h1-9,18H,10-13H2,(H,19,20). The van der Waals surface area contributed by atoms with E-state index in [1.165, 1.54) is 17.1 Å². The van der Waals surface area contributed by atoms with E-state index < -0.39 is 0 Å². The smallest absolute Gasteiger partial charge is 0.258 e. The number of nitrogens with one attached hydrogen (secondary N) is 1. The molecule has 23 heavy (non-hydrogen) atoms. The number of carbonyl (C=O) groups is 1. The van der Waals surface area contributed by atoms with E-state index in [-0.39, 0.29) is 12.5 Å². The van der Waals surface area contributed by atoms with Gasteiger partial charge in [0.25, 0.3) is 5.91 Å². The van der Waals surface area contributed by atoms with Crippen molar-refractivity contribution < 1.29 is 9.53 Å². The Hall–Kier alpha value is -1.59. The van der Waals surface area contributed by atoms with Gasteiger partial charge in [-0.05, 0) is 23.3 Å². The fraction of sp³-hybridized carbons (Fsp3) is 0.278. The van der Waals surface area contributed by atoms with Crippen molar-refractivity contribution in [2.75, 3.05) is 18.1 Å². The van der Waals surface area contributed by atoms with E-state index in [4.69, 9.17) is 4.74 Å². The van der Waals surface area contributed by atoms with Crippen molar-refractivity contribution in [3.8, 4) is 5.75 Å². The zero-order valence-corrected chi connectivity index (χ0v) is 14.4. The molecule has 2 aromatic carbocycles. The van der Waals surface area contributed by atoms with Gasteiger partial charge >= 0.3 is 0 Å². The molecule has 0 bridgehead atoms. The van der Waals surface area contributed by atoms with Crippen molar-refractivity contribution in [1.29, 1.82) is 0 Å². The Labute approximate surface area is 145 Å². The zero-order chi connectivity index (χ0) is 15.9. The molecule has 3 rings (SSSR count). The molecule has 0 radical (unpaired) electrons. The normalized spacial score (nSPS) is 14.6. The molecule has 120 valence electrons. The average Bonchev–Trinajstić information content (AvgIpc) is 3.14. The van der Waals surface area contributed by atoms with Gasteiger partial charge in [0, 0.05) is 18.1 Å². The van der Waals surface area contributed by atoms with Crippen LogP contribution in [0.3, 0.4) is 0 Å². The maximum Gasteiger partial charge on any atom is 0.258 e. The molecule has 1 fully saturated rings. The highest BCUT2D eigenvalue weighted by Crippen LogP contribution is 2.45. The lowest BCUT2D eigenvalue weighted by atomic mass is 10.2. The van der Waals surface area contributed by atoms with Gasteiger partial charge in [0.05, 0.1) is 4.58 Å². The van der Waals surface area contributed by atoms with Crippen LogP contribution in [0.25, 0.3) is 0 Å². The molecule has 5 heteroatoms. The van der Waals surface area contributed by atoms with Crippen LogP contribution in [-0.4, -0.2) is 24.0 Å². The molecule has 0 aromatic heterocycles. The van der Waals surface area contributed by atoms with Crippen LogP contribution in [-0.2, 0) is 11.3 Å². The summed E-state index contributed by atoms with van der Waals surface area (Å²) in [5.41, 5.74) is 2.40. The van der Waals surface area contributed by atoms with Gasteiger partial charge in [0.15, 0.2) is 6.61 Å². The van der Waals surface area contributed by atoms with Crippen molar-refractivity contribution in [2.45, 2.75) is 11.1 Å². The third-order valence-corrected chi connectivity index (χ3v) is 6.58. The predicted molar refractivity (Wildman–Crippen MR) is 97.9 cm³/mol. The second-order valence-corrected chi connectivity index (χ2v) is 7.92. The highest BCUT2D eigenvalue weighted by Gasteiger charge is 2.17. The van der Waals surface area contributed by atoms with E-state index in [2.05, 4.69) is 17.4 Å². The molecular formula is C18H19NO2S2. The maximum atomic E-state index is 11.8. The summed E-state index contributed by atoms with van der Waals surface area (Å²) >= 11 is 3.96. The van der Waals surface area contributed by atoms with E-state index in [1.54, 1.807) is 0 Å². The number of hydrogen-bond acceptors (Lipinski definition) is 4. The van der Waals surface area contributed by atoms with Gasteiger partial charge in [0.1, 0.15) is 5.75 Å². The van der Waals surface area contributed by atoms with Crippen LogP contribution in [0.2, 0.25) is 0 Å². The molecule has 2 aromatic rings. The fourth-order valence-corrected chi connectivity index (χ4v) is 5.13. The Morgan fingerprint density at radius 1 is 1.04 bits per heavy atom. The first-order valence-corrected chi connectivity index (χ1v) is 9.67. The van der Waals surface area contributed by atoms with Crippen LogP contribution in [0.4, 0.5) is 0 Å². The van der Waals surface area contributed by atoms with Crippen molar-refractivity contribution in [3.05, 3.63) is 65.7 Å². The van der Waals surface area contributed by atoms with Crippen LogP contribution >= 0.6 is 23.5 Å². The molecule has 0 spiro atoms. The molecule has 1 aliphatic rings. The molecule has 0 atom stereocenters. The molecular weight excluding hydrogens is 326 g/mol. The van der Waals surface area contributed by atoms with Crippen LogP contribution < -0.4 is 10.1 Å². The van der Waals surface area contributed by atoms with E-state index in [9.17, 15) is 4.79 Å². The van der Waals surface area contributed by atoms with Crippen LogP contribution in [0.5, 0.6) is 5.75 Å². The highest BCUT2D eigenvalue weighted by atomic mass is 32.2. The van der Waals surface area contributed by atoms with E-state index in [1.807, 2.05) is 66.0 Å². The Morgan fingerprint density at radius 3 is 2.43 bits per heavy atom. The average molecular weight is 345 g/mol. The molecule has 1 saturated heterocycles. The van der Waals surface area contributed by atoms with E-state index >= 15 is 0 Å². The van der Waals surface area contributed by atoms with Gasteiger partial charge in [-0.15, -0.1) is 23.5 Å². The van der Waals surface area contributed by atoms with Crippen molar-refractivity contribution in [2.24, 2.45) is 0 Å². The van der Waals surface area contributed by atoms with E-state index in [0.717, 1.165) is 11.3 Å². The first kappa shape index (κ1) is 16.3. The molecule has 0 saturated carbocycles. The zero-order valence-electron chi connectivity index (χ0n) is 12.7. The van der Waals surface area contributed by atoms with Gasteiger partial charge in [-0.1, -0.05) is 42.5 Å². The minimum atomic E-state index is -0.111. The summed E-state index contributed by atoms with van der Waals surface area (Å²) < 4.78 is 6.09. The van der Waals surface area contributed by atoms with Crippen molar-refractivity contribution in [3.63, 3.8) is 0 Å². The molecule has 1 N–H and O–H groups in total. The Kier molecular flexibility index (Phi) is 5.88. The van der Waals surface area contributed by atoms with Gasteiger partial charge in [-0.2, -0.15) is 0 Å². The summed E-state index contributed by atoms with van der Waals surface area (Å²) in [6, 6.07) is 17.9. The van der Waals surface area contributed by atoms with Gasteiger partial charge in [-0.25, -0.2) is 0 Å². The fourth-order valence-electron chi connectivity index (χ4n) is 2.27. The summed E-state index contributed by atoms with van der Waals surface area (Å²) in [5.74, 6) is 3.06. The van der Waals surface area contributed by atoms with E-state index in [0.29, 0.717) is 11.1 Å². The molecule has 0 aliphatic carbocycles. The first-order valence-electron chi connectivity index (χ1n) is 7.58. The monoisotopic (exact) mass is 345 g/mol. The maximum absolute atomic E-state index is 11.8. The number of amides is 1. The summed E-state index contributed by atoms with van der Waals surface area (Å²) in [4.78, 5) is 11.8. The lowest BCUT2D eigenvalue weighted by molar-refractivity contribution is -0.123. The molecule has 1 amide bonds. The second kappa shape index (κ2) is 8.31. The number of carbonyl (C=O) groups excluding carboxylic acids is 1. The number of ether oxygens (including phenoxy) is 1. The first-order chi connectivity index (χ1) is 11.3. The number of benzene rings is 2. The molecule has 1 aliphatic heterocycles. The SMILES string of the molecule is O=C(COc1ccc(C2SCCS2)cc1)NCc1ccccc1. The van der Waals surface area contributed by atoms with Crippen molar-refractivity contribution in [1.82, 2.24) is 5.32 Å². The molecule has 0 unspecified atom stereocenters. The Morgan fingerprint density at radius 2 is 1.74 bits per heavy atom. The molecule has 3 nitrogen and oxygen atoms in total. The summed E-state index contributed by atoms with van der Waals surface area (Å²) in [6.45, 7) is 0.567. The summed E-state index contributed by atoms with van der Waals surface area (Å²) in [7, 11) is 0. The Balaban J connectivity index is 1.43. The minimum Gasteiger partial charge on any atom is -0.484 e. The molecule has 1 heterocycles. The van der Waals surface area contributed by atoms with Crippen LogP contribution in [0.1, 0.15) is 15.7 Å². The number of rotatable bonds is 6. The second-order valence-electron chi connectivity index (χ2n) is 5.19. The van der Waals surface area contributed by atoms with Gasteiger partial charge in [-0.3, -0.25) is 4.79 Å². The lowest BCUT2D eigenvalue weighted by Crippen LogP contribution is -2.28. The van der Waals surface area contributed by atoms with Crippen LogP contribution in [0, 0.1) is 0 Å². The van der Waals surface area contributed by atoms with Gasteiger partial charge in [0.2, 0.25) is 0 Å². The summed E-state index contributed by atoms with van der Waals surface area (Å²) in [6.07, 6.45) is 0. The third kappa shape index (κ3) is 4.94. The highest BCUT2D eigenvalue weighted by molar-refractivity contribution is 8.19. The van der Waals surface area contributed by atoms with Gasteiger partial charge < -0.3 is 10.1 Å². The quantitative estimate of drug-likeness (QED) is 0.863. The number of hydrogen-bond donors (Lipinski definition) is 1. The van der Waals surface area contributed by atoms with Crippen LogP contribution in [0.15, 0.2) is 54.6 Å². The van der Waals surface area contributed by atoms with Crippen molar-refractivity contribution >= 4 is 29.4 Å². The number of thioether (sulfide) groups is 2. The Bertz CT molecular complexity index is 625. The topological polar surface area (TPSA) is 38.3 Å². The predicted octanol–water partition coefficient (Wildman–Crippen LogP) is 3.86. The third-order valence-electron chi connectivity index (χ3n) is 3.48. The lowest BCUT2D eigenvalue weighted by Gasteiger charge is -2.10. The summed E-state index contributed by atoms with van der Waals surface area (Å²) in [5, 5.41) is 2.85.